The van der Waals surface area contributed by atoms with Crippen LogP contribution in [0.25, 0.3) is 11.1 Å². The maximum absolute atomic E-state index is 14.0. The van der Waals surface area contributed by atoms with Crippen LogP contribution in [-0.2, 0) is 4.74 Å². The van der Waals surface area contributed by atoms with Gasteiger partial charge in [0.2, 0.25) is 0 Å². The van der Waals surface area contributed by atoms with Gasteiger partial charge in [-0.3, -0.25) is 4.79 Å². The third kappa shape index (κ3) is 7.08. The van der Waals surface area contributed by atoms with E-state index in [0.29, 0.717) is 18.7 Å². The van der Waals surface area contributed by atoms with Gasteiger partial charge in [-0.15, -0.1) is 0 Å². The van der Waals surface area contributed by atoms with Crippen LogP contribution in [0, 0.1) is 0 Å². The summed E-state index contributed by atoms with van der Waals surface area (Å²) in [6.45, 7) is 3.16. The fraction of sp³-hybridized carbons (Fsp3) is 0.355. The Kier molecular flexibility index (Phi) is 8.92. The lowest BCUT2D eigenvalue weighted by Crippen LogP contribution is -2.47. The summed E-state index contributed by atoms with van der Waals surface area (Å²) in [5, 5.41) is 0. The van der Waals surface area contributed by atoms with E-state index in [1.54, 1.807) is 9.80 Å². The number of rotatable bonds is 8. The average molecular weight is 553 g/mol. The van der Waals surface area contributed by atoms with Crippen molar-refractivity contribution in [2.75, 3.05) is 25.1 Å². The molecule has 1 saturated heterocycles. The third-order valence-corrected chi connectivity index (χ3v) is 6.54. The Hall–Kier alpha value is -4.14. The summed E-state index contributed by atoms with van der Waals surface area (Å²) < 4.78 is 41.1. The molecule has 7 nitrogen and oxygen atoms in total. The Morgan fingerprint density at radius 2 is 1.70 bits per heavy atom. The van der Waals surface area contributed by atoms with Crippen molar-refractivity contribution in [2.45, 2.75) is 51.9 Å². The summed E-state index contributed by atoms with van der Waals surface area (Å²) >= 11 is 0. The first-order valence-electron chi connectivity index (χ1n) is 13.2. The molecule has 0 saturated carbocycles. The monoisotopic (exact) mass is 552 g/mol. The Bertz CT molecular complexity index is 1330. The van der Waals surface area contributed by atoms with Crippen molar-refractivity contribution in [1.29, 1.82) is 0 Å². The molecule has 0 bridgehead atoms. The van der Waals surface area contributed by atoms with E-state index >= 15 is 0 Å². The lowest BCUT2D eigenvalue weighted by atomic mass is 10.0. The smallest absolute Gasteiger partial charge is 0.410 e. The predicted molar refractivity (Wildman–Crippen MR) is 149 cm³/mol. The van der Waals surface area contributed by atoms with Gasteiger partial charge in [0.25, 0.3) is 5.91 Å². The van der Waals surface area contributed by atoms with Gasteiger partial charge >= 0.3 is 12.7 Å². The number of carbonyl (C=O) groups excluding carboxylic acids is 2. The van der Waals surface area contributed by atoms with Crippen molar-refractivity contribution >= 4 is 17.7 Å². The molecule has 2 amide bonds. The van der Waals surface area contributed by atoms with Crippen LogP contribution in [0.5, 0.6) is 11.5 Å². The minimum Gasteiger partial charge on any atom is -0.493 e. The molecular formula is C31H34F2N2O5. The zero-order valence-corrected chi connectivity index (χ0v) is 23.1. The number of hydrogen-bond donors (Lipinski definition) is 0. The van der Waals surface area contributed by atoms with Gasteiger partial charge in [-0.05, 0) is 75.1 Å². The normalized spacial score (nSPS) is 15.2. The SMILES string of the molecule is COc1cc(C(=O)N(CC2CCCN2C(=O)OC(C)(C)C)c2cccc(-c3ccccc3)c2)ccc1OC(F)F. The molecule has 0 aliphatic carbocycles. The molecule has 0 spiro atoms. The van der Waals surface area contributed by atoms with Gasteiger partial charge in [0.1, 0.15) is 5.60 Å². The number of carbonyl (C=O) groups is 2. The van der Waals surface area contributed by atoms with Crippen molar-refractivity contribution in [2.24, 2.45) is 0 Å². The number of anilines is 1. The first-order chi connectivity index (χ1) is 19.1. The van der Waals surface area contributed by atoms with E-state index in [9.17, 15) is 18.4 Å². The predicted octanol–water partition coefficient (Wildman–Crippen LogP) is 7.01. The molecule has 0 aromatic heterocycles. The van der Waals surface area contributed by atoms with Gasteiger partial charge in [0.15, 0.2) is 11.5 Å². The molecule has 1 atom stereocenters. The van der Waals surface area contributed by atoms with Gasteiger partial charge in [-0.1, -0.05) is 42.5 Å². The molecule has 1 unspecified atom stereocenters. The van der Waals surface area contributed by atoms with Crippen molar-refractivity contribution in [3.8, 4) is 22.6 Å². The van der Waals surface area contributed by atoms with Crippen LogP contribution in [0.3, 0.4) is 0 Å². The van der Waals surface area contributed by atoms with E-state index in [0.717, 1.165) is 17.5 Å². The number of amides is 2. The van der Waals surface area contributed by atoms with Crippen molar-refractivity contribution in [3.05, 3.63) is 78.4 Å². The van der Waals surface area contributed by atoms with E-state index < -0.39 is 18.3 Å². The van der Waals surface area contributed by atoms with Crippen LogP contribution in [0.4, 0.5) is 19.3 Å². The van der Waals surface area contributed by atoms with Crippen molar-refractivity contribution in [1.82, 2.24) is 4.90 Å². The summed E-state index contributed by atoms with van der Waals surface area (Å²) in [5.41, 5.74) is 2.12. The number of benzene rings is 3. The Balaban J connectivity index is 1.70. The summed E-state index contributed by atoms with van der Waals surface area (Å²) in [5.74, 6) is -0.526. The largest absolute Gasteiger partial charge is 0.493 e. The summed E-state index contributed by atoms with van der Waals surface area (Å²) in [7, 11) is 1.32. The second kappa shape index (κ2) is 12.4. The van der Waals surface area contributed by atoms with Crippen LogP contribution >= 0.6 is 0 Å². The third-order valence-electron chi connectivity index (χ3n) is 6.54. The zero-order chi connectivity index (χ0) is 28.9. The van der Waals surface area contributed by atoms with Crippen LogP contribution < -0.4 is 14.4 Å². The highest BCUT2D eigenvalue weighted by Gasteiger charge is 2.35. The Labute approximate surface area is 233 Å². The Morgan fingerprint density at radius 1 is 0.975 bits per heavy atom. The quantitative estimate of drug-likeness (QED) is 0.301. The standard InChI is InChI=1S/C31H34F2N2O5/c1-31(2,3)40-30(37)34-17-9-14-25(34)20-35(24-13-8-12-22(18-24)21-10-6-5-7-11-21)28(36)23-15-16-26(39-29(32)33)27(19-23)38-4/h5-8,10-13,15-16,18-19,25,29H,9,14,17,20H2,1-4H3. The fourth-order valence-corrected chi connectivity index (χ4v) is 4.74. The number of methoxy groups -OCH3 is 1. The molecule has 1 aliphatic rings. The first kappa shape index (κ1) is 28.9. The van der Waals surface area contributed by atoms with Crippen LogP contribution in [0.15, 0.2) is 72.8 Å². The number of ether oxygens (including phenoxy) is 3. The topological polar surface area (TPSA) is 68.3 Å². The molecule has 9 heteroatoms. The van der Waals surface area contributed by atoms with Gasteiger partial charge < -0.3 is 24.0 Å². The summed E-state index contributed by atoms with van der Waals surface area (Å²) in [4.78, 5) is 30.3. The molecule has 1 aliphatic heterocycles. The number of alkyl halides is 2. The second-order valence-corrected chi connectivity index (χ2v) is 10.5. The molecule has 40 heavy (non-hydrogen) atoms. The first-order valence-corrected chi connectivity index (χ1v) is 13.2. The molecule has 1 fully saturated rings. The van der Waals surface area contributed by atoms with E-state index in [2.05, 4.69) is 4.74 Å². The van der Waals surface area contributed by atoms with E-state index in [-0.39, 0.29) is 35.6 Å². The number of halogens is 2. The molecular weight excluding hydrogens is 518 g/mol. The van der Waals surface area contributed by atoms with Crippen molar-refractivity contribution < 1.29 is 32.6 Å². The molecule has 212 valence electrons. The minimum absolute atomic E-state index is 0.0142. The fourth-order valence-electron chi connectivity index (χ4n) is 4.74. The van der Waals surface area contributed by atoms with Crippen molar-refractivity contribution in [3.63, 3.8) is 0 Å². The minimum atomic E-state index is -3.03. The maximum atomic E-state index is 14.0. The summed E-state index contributed by atoms with van der Waals surface area (Å²) in [6, 6.07) is 21.2. The summed E-state index contributed by atoms with van der Waals surface area (Å²) in [6.07, 6.45) is 1.06. The van der Waals surface area contributed by atoms with Gasteiger partial charge in [-0.25, -0.2) is 4.79 Å². The van der Waals surface area contributed by atoms with E-state index in [4.69, 9.17) is 9.47 Å². The van der Waals surface area contributed by atoms with Crippen LogP contribution in [0.1, 0.15) is 44.0 Å². The lowest BCUT2D eigenvalue weighted by molar-refractivity contribution is -0.0512. The van der Waals surface area contributed by atoms with E-state index in [1.807, 2.05) is 75.4 Å². The van der Waals surface area contributed by atoms with Gasteiger partial charge in [0.05, 0.1) is 13.2 Å². The van der Waals surface area contributed by atoms with Crippen LogP contribution in [0.2, 0.25) is 0 Å². The maximum Gasteiger partial charge on any atom is 0.410 e. The molecule has 3 aromatic carbocycles. The molecule has 3 aromatic rings. The highest BCUT2D eigenvalue weighted by atomic mass is 19.3. The van der Waals surface area contributed by atoms with Crippen LogP contribution in [-0.4, -0.2) is 55.4 Å². The average Bonchev–Trinajstić information content (AvgIpc) is 3.39. The molecule has 1 heterocycles. The highest BCUT2D eigenvalue weighted by Crippen LogP contribution is 2.32. The van der Waals surface area contributed by atoms with E-state index in [1.165, 1.54) is 25.3 Å². The number of likely N-dealkylation sites (tertiary alicyclic amines) is 1. The lowest BCUT2D eigenvalue weighted by Gasteiger charge is -2.32. The highest BCUT2D eigenvalue weighted by molar-refractivity contribution is 6.07. The molecule has 0 radical (unpaired) electrons. The number of hydrogen-bond acceptors (Lipinski definition) is 5. The second-order valence-electron chi connectivity index (χ2n) is 10.5. The van der Waals surface area contributed by atoms with Gasteiger partial charge in [0, 0.05) is 24.3 Å². The zero-order valence-electron chi connectivity index (χ0n) is 23.1. The molecule has 0 N–H and O–H groups in total. The van der Waals surface area contributed by atoms with Gasteiger partial charge in [-0.2, -0.15) is 8.78 Å². The molecule has 4 rings (SSSR count). The number of nitrogens with zero attached hydrogens (tertiary/aromatic N) is 2. The Morgan fingerprint density at radius 3 is 2.38 bits per heavy atom.